The fraction of sp³-hybridized carbons (Fsp3) is 0.261. The molecule has 1 amide bonds. The molecule has 0 saturated heterocycles. The lowest BCUT2D eigenvalue weighted by molar-refractivity contribution is -0.138. The largest absolute Gasteiger partial charge is 0.497 e. The van der Waals surface area contributed by atoms with Crippen LogP contribution in [0.1, 0.15) is 22.9 Å². The van der Waals surface area contributed by atoms with Gasteiger partial charge in [0, 0.05) is 13.5 Å². The minimum absolute atomic E-state index is 0.0587. The van der Waals surface area contributed by atoms with E-state index in [0.717, 1.165) is 16.2 Å². The van der Waals surface area contributed by atoms with E-state index in [2.05, 4.69) is 4.98 Å². The maximum Gasteiger partial charge on any atom is 0.416 e. The summed E-state index contributed by atoms with van der Waals surface area (Å²) in [6.07, 6.45) is -0.769. The molecule has 9 nitrogen and oxygen atoms in total. The lowest BCUT2D eigenvalue weighted by Crippen LogP contribution is -2.37. The molecule has 168 valence electrons. The standard InChI is InChI=1S/C23H24N2O7/c1-15-21(24-16(2)31-15)14-30-19-6-4-17(5-7-19)12-25(13-22(26)27)23(28)32-20-10-8-18(29-3)9-11-20/h4-11H,12-14H2,1-3H3,(H,26,27). The summed E-state index contributed by atoms with van der Waals surface area (Å²) >= 11 is 0. The highest BCUT2D eigenvalue weighted by molar-refractivity contribution is 5.78. The number of hydrogen-bond acceptors (Lipinski definition) is 7. The maximum absolute atomic E-state index is 12.5. The number of carboxylic acids is 1. The third-order valence-electron chi connectivity index (χ3n) is 4.52. The number of carbonyl (C=O) groups is 2. The Balaban J connectivity index is 1.62. The number of aryl methyl sites for hydroxylation is 2. The Morgan fingerprint density at radius 3 is 2.19 bits per heavy atom. The van der Waals surface area contributed by atoms with Crippen LogP contribution < -0.4 is 14.2 Å². The van der Waals surface area contributed by atoms with E-state index in [9.17, 15) is 14.7 Å². The van der Waals surface area contributed by atoms with Crippen LogP contribution in [0.5, 0.6) is 17.2 Å². The quantitative estimate of drug-likeness (QED) is 0.532. The molecule has 0 spiro atoms. The van der Waals surface area contributed by atoms with Gasteiger partial charge in [-0.3, -0.25) is 9.69 Å². The fourth-order valence-corrected chi connectivity index (χ4v) is 2.93. The first-order valence-electron chi connectivity index (χ1n) is 9.81. The van der Waals surface area contributed by atoms with Crippen LogP contribution >= 0.6 is 0 Å². The topological polar surface area (TPSA) is 111 Å². The van der Waals surface area contributed by atoms with Gasteiger partial charge in [0.1, 0.15) is 41.9 Å². The molecule has 0 bridgehead atoms. The molecule has 0 unspecified atom stereocenters. The molecular formula is C23H24N2O7. The van der Waals surface area contributed by atoms with Gasteiger partial charge in [-0.1, -0.05) is 12.1 Å². The molecule has 3 rings (SSSR count). The first-order chi connectivity index (χ1) is 15.3. The molecule has 0 saturated carbocycles. The minimum Gasteiger partial charge on any atom is -0.497 e. The lowest BCUT2D eigenvalue weighted by Gasteiger charge is -2.20. The second kappa shape index (κ2) is 10.3. The molecule has 32 heavy (non-hydrogen) atoms. The Labute approximate surface area is 185 Å². The number of methoxy groups -OCH3 is 1. The van der Waals surface area contributed by atoms with Crippen molar-refractivity contribution in [3.8, 4) is 17.2 Å². The zero-order chi connectivity index (χ0) is 23.1. The zero-order valence-corrected chi connectivity index (χ0v) is 18.0. The number of ether oxygens (including phenoxy) is 3. The molecule has 1 heterocycles. The predicted molar refractivity (Wildman–Crippen MR) is 114 cm³/mol. The van der Waals surface area contributed by atoms with Crippen molar-refractivity contribution in [2.45, 2.75) is 27.0 Å². The van der Waals surface area contributed by atoms with E-state index in [-0.39, 0.29) is 18.9 Å². The lowest BCUT2D eigenvalue weighted by atomic mass is 10.2. The maximum atomic E-state index is 12.5. The molecule has 3 aromatic rings. The summed E-state index contributed by atoms with van der Waals surface area (Å²) in [5.41, 5.74) is 1.44. The molecule has 0 aliphatic carbocycles. The molecule has 9 heteroatoms. The average molecular weight is 440 g/mol. The molecule has 1 aromatic heterocycles. The number of carbonyl (C=O) groups excluding carboxylic acids is 1. The van der Waals surface area contributed by atoms with Crippen LogP contribution in [-0.4, -0.2) is 40.7 Å². The number of hydrogen-bond donors (Lipinski definition) is 1. The number of carboxylic acid groups (broad SMARTS) is 1. The van der Waals surface area contributed by atoms with E-state index in [1.807, 2.05) is 6.92 Å². The third-order valence-corrected chi connectivity index (χ3v) is 4.52. The molecule has 0 fully saturated rings. The molecule has 0 atom stereocenters. The summed E-state index contributed by atoms with van der Waals surface area (Å²) in [4.78, 5) is 29.1. The summed E-state index contributed by atoms with van der Waals surface area (Å²) in [6, 6.07) is 13.4. The van der Waals surface area contributed by atoms with Crippen molar-refractivity contribution < 1.29 is 33.3 Å². The Morgan fingerprint density at radius 2 is 1.62 bits per heavy atom. The van der Waals surface area contributed by atoms with Gasteiger partial charge in [0.05, 0.1) is 7.11 Å². The smallest absolute Gasteiger partial charge is 0.416 e. The van der Waals surface area contributed by atoms with Crippen molar-refractivity contribution >= 4 is 12.1 Å². The Kier molecular flexibility index (Phi) is 7.33. The van der Waals surface area contributed by atoms with E-state index in [1.165, 1.54) is 7.11 Å². The van der Waals surface area contributed by atoms with Crippen molar-refractivity contribution in [3.63, 3.8) is 0 Å². The van der Waals surface area contributed by atoms with E-state index in [4.69, 9.17) is 18.6 Å². The van der Waals surface area contributed by atoms with Gasteiger partial charge < -0.3 is 23.7 Å². The van der Waals surface area contributed by atoms with Crippen molar-refractivity contribution in [2.75, 3.05) is 13.7 Å². The highest BCUT2D eigenvalue weighted by atomic mass is 16.6. The van der Waals surface area contributed by atoms with Crippen LogP contribution in [-0.2, 0) is 17.9 Å². The number of oxazole rings is 1. The van der Waals surface area contributed by atoms with E-state index >= 15 is 0 Å². The summed E-state index contributed by atoms with van der Waals surface area (Å²) in [5, 5.41) is 9.19. The molecule has 1 N–H and O–H groups in total. The molecular weight excluding hydrogens is 416 g/mol. The first-order valence-corrected chi connectivity index (χ1v) is 9.81. The normalized spacial score (nSPS) is 10.5. The summed E-state index contributed by atoms with van der Waals surface area (Å²) in [7, 11) is 1.53. The summed E-state index contributed by atoms with van der Waals surface area (Å²) in [6.45, 7) is 3.42. The van der Waals surface area contributed by atoms with Gasteiger partial charge in [-0.2, -0.15) is 0 Å². The third kappa shape index (κ3) is 6.24. The van der Waals surface area contributed by atoms with Crippen LogP contribution in [0.3, 0.4) is 0 Å². The SMILES string of the molecule is COc1ccc(OC(=O)N(CC(=O)O)Cc2ccc(OCc3nc(C)oc3C)cc2)cc1. The first kappa shape index (κ1) is 22.7. The number of aromatic nitrogens is 1. The highest BCUT2D eigenvalue weighted by Gasteiger charge is 2.19. The van der Waals surface area contributed by atoms with Gasteiger partial charge in [-0.25, -0.2) is 9.78 Å². The van der Waals surface area contributed by atoms with Gasteiger partial charge in [-0.15, -0.1) is 0 Å². The van der Waals surface area contributed by atoms with Crippen molar-refractivity contribution in [1.29, 1.82) is 0 Å². The number of benzene rings is 2. The number of nitrogens with zero attached hydrogens (tertiary/aromatic N) is 2. The summed E-state index contributed by atoms with van der Waals surface area (Å²) in [5.74, 6) is 1.65. The second-order valence-corrected chi connectivity index (χ2v) is 6.96. The van der Waals surface area contributed by atoms with E-state index < -0.39 is 18.6 Å². The van der Waals surface area contributed by atoms with Crippen molar-refractivity contribution in [3.05, 3.63) is 71.4 Å². The van der Waals surface area contributed by atoms with Gasteiger partial charge in [0.15, 0.2) is 5.89 Å². The van der Waals surface area contributed by atoms with Crippen LogP contribution in [0.25, 0.3) is 0 Å². The van der Waals surface area contributed by atoms with Crippen LogP contribution in [0, 0.1) is 13.8 Å². The van der Waals surface area contributed by atoms with Crippen molar-refractivity contribution in [2.24, 2.45) is 0 Å². The Hall–Kier alpha value is -4.01. The zero-order valence-electron chi connectivity index (χ0n) is 18.0. The number of amides is 1. The predicted octanol–water partition coefficient (Wildman–Crippen LogP) is 3.96. The molecule has 0 radical (unpaired) electrons. The van der Waals surface area contributed by atoms with Crippen molar-refractivity contribution in [1.82, 2.24) is 9.88 Å². The van der Waals surface area contributed by atoms with Gasteiger partial charge in [0.25, 0.3) is 0 Å². The Bertz CT molecular complexity index is 1060. The fourth-order valence-electron chi connectivity index (χ4n) is 2.93. The number of aliphatic carboxylic acids is 1. The molecule has 2 aromatic carbocycles. The second-order valence-electron chi connectivity index (χ2n) is 6.96. The molecule has 0 aliphatic heterocycles. The minimum atomic E-state index is -1.14. The van der Waals surface area contributed by atoms with Gasteiger partial charge >= 0.3 is 12.1 Å². The van der Waals surface area contributed by atoms with Gasteiger partial charge in [-0.05, 0) is 48.9 Å². The van der Waals surface area contributed by atoms with E-state index in [0.29, 0.717) is 23.1 Å². The van der Waals surface area contributed by atoms with Crippen LogP contribution in [0.15, 0.2) is 52.9 Å². The average Bonchev–Trinajstić information content (AvgIpc) is 3.09. The monoisotopic (exact) mass is 440 g/mol. The van der Waals surface area contributed by atoms with Crippen LogP contribution in [0.4, 0.5) is 4.79 Å². The Morgan fingerprint density at radius 1 is 1.00 bits per heavy atom. The summed E-state index contributed by atoms with van der Waals surface area (Å²) < 4.78 is 21.5. The van der Waals surface area contributed by atoms with Crippen LogP contribution in [0.2, 0.25) is 0 Å². The number of rotatable bonds is 9. The van der Waals surface area contributed by atoms with E-state index in [1.54, 1.807) is 55.5 Å². The van der Waals surface area contributed by atoms with Gasteiger partial charge in [0.2, 0.25) is 0 Å². The molecule has 0 aliphatic rings. The highest BCUT2D eigenvalue weighted by Crippen LogP contribution is 2.20.